The number of hydrogen-bond acceptors (Lipinski definition) is 1. The Balaban J connectivity index is 2.91. The number of benzene rings is 1. The number of rotatable bonds is 1. The third-order valence-corrected chi connectivity index (χ3v) is 2.38. The van der Waals surface area contributed by atoms with Crippen LogP contribution >= 0.6 is 0 Å². The second-order valence-electron chi connectivity index (χ2n) is 3.36. The van der Waals surface area contributed by atoms with Gasteiger partial charge in [-0.25, -0.2) is 0 Å². The Bertz CT molecular complexity index is 600. The summed E-state index contributed by atoms with van der Waals surface area (Å²) in [6.45, 7) is 4.00. The van der Waals surface area contributed by atoms with Crippen LogP contribution in [0.3, 0.4) is 0 Å². The van der Waals surface area contributed by atoms with Crippen LogP contribution in [0.2, 0.25) is 0 Å². The molecule has 0 amide bonds. The lowest BCUT2D eigenvalue weighted by atomic mass is 10.2. The normalized spacial score (nSPS) is 14.5. The quantitative estimate of drug-likeness (QED) is 0.686. The topological polar surface area (TPSA) is 13.1 Å². The first-order chi connectivity index (χ1) is 7.36. The maximum atomic E-state index is 5.72. The molecule has 0 unspecified atom stereocenters. The van der Waals surface area contributed by atoms with Crippen molar-refractivity contribution in [2.24, 2.45) is 0 Å². The maximum Gasteiger partial charge on any atom is 0.135 e. The van der Waals surface area contributed by atoms with Gasteiger partial charge in [0.25, 0.3) is 0 Å². The van der Waals surface area contributed by atoms with Crippen molar-refractivity contribution in [1.29, 1.82) is 0 Å². The van der Waals surface area contributed by atoms with Gasteiger partial charge >= 0.3 is 0 Å². The first-order valence-corrected chi connectivity index (χ1v) is 5.13. The summed E-state index contributed by atoms with van der Waals surface area (Å²) < 4.78 is 5.72. The third kappa shape index (κ3) is 1.73. The summed E-state index contributed by atoms with van der Waals surface area (Å²) in [7, 11) is 0. The minimum absolute atomic E-state index is 0.939. The van der Waals surface area contributed by atoms with Crippen molar-refractivity contribution in [2.75, 3.05) is 0 Å². The summed E-state index contributed by atoms with van der Waals surface area (Å²) >= 11 is 0. The molecule has 2 aromatic rings. The van der Waals surface area contributed by atoms with Crippen molar-refractivity contribution in [2.45, 2.75) is 13.8 Å². The van der Waals surface area contributed by atoms with E-state index in [-0.39, 0.29) is 0 Å². The van der Waals surface area contributed by atoms with E-state index in [1.807, 2.05) is 50.3 Å². The van der Waals surface area contributed by atoms with E-state index in [0.717, 1.165) is 16.2 Å². The summed E-state index contributed by atoms with van der Waals surface area (Å²) in [5, 5.41) is 2.33. The molecule has 0 saturated carbocycles. The zero-order chi connectivity index (χ0) is 10.7. The molecule has 0 aliphatic heterocycles. The highest BCUT2D eigenvalue weighted by Gasteiger charge is 1.99. The van der Waals surface area contributed by atoms with Gasteiger partial charge in [-0.2, -0.15) is 0 Å². The van der Waals surface area contributed by atoms with Gasteiger partial charge in [0.2, 0.25) is 0 Å². The number of furan rings is 1. The van der Waals surface area contributed by atoms with Gasteiger partial charge < -0.3 is 4.42 Å². The molecular formula is C14H14O. The third-order valence-electron chi connectivity index (χ3n) is 2.38. The van der Waals surface area contributed by atoms with E-state index in [1.54, 1.807) is 0 Å². The lowest BCUT2D eigenvalue weighted by Gasteiger charge is -1.83. The molecule has 0 N–H and O–H groups in total. The van der Waals surface area contributed by atoms with E-state index >= 15 is 0 Å². The second-order valence-corrected chi connectivity index (χ2v) is 3.36. The van der Waals surface area contributed by atoms with Crippen molar-refractivity contribution in [3.05, 3.63) is 47.1 Å². The summed E-state index contributed by atoms with van der Waals surface area (Å²) in [6, 6.07) is 8.10. The highest BCUT2D eigenvalue weighted by molar-refractivity contribution is 5.79. The summed E-state index contributed by atoms with van der Waals surface area (Å²) in [4.78, 5) is 0. The molecule has 15 heavy (non-hydrogen) atoms. The molecule has 0 bridgehead atoms. The van der Waals surface area contributed by atoms with E-state index in [1.165, 1.54) is 5.39 Å². The van der Waals surface area contributed by atoms with Crippen molar-refractivity contribution < 1.29 is 4.42 Å². The Morgan fingerprint density at radius 3 is 2.67 bits per heavy atom. The van der Waals surface area contributed by atoms with Crippen LogP contribution in [-0.2, 0) is 0 Å². The molecule has 1 heterocycles. The van der Waals surface area contributed by atoms with Gasteiger partial charge in [0.15, 0.2) is 0 Å². The summed E-state index contributed by atoms with van der Waals surface area (Å²) in [5.74, 6) is 0. The van der Waals surface area contributed by atoms with E-state index in [4.69, 9.17) is 4.42 Å². The van der Waals surface area contributed by atoms with E-state index in [2.05, 4.69) is 12.1 Å². The van der Waals surface area contributed by atoms with Gasteiger partial charge in [-0.1, -0.05) is 36.4 Å². The average molecular weight is 198 g/mol. The minimum Gasteiger partial charge on any atom is -0.456 e. The average Bonchev–Trinajstić information content (AvgIpc) is 2.64. The van der Waals surface area contributed by atoms with Gasteiger partial charge in [-0.3, -0.25) is 0 Å². The van der Waals surface area contributed by atoms with E-state index in [0.29, 0.717) is 0 Å². The first kappa shape index (κ1) is 9.78. The SMILES string of the molecule is C\C=C/C=c1\c(=C/C)oc2ccccc12. The summed E-state index contributed by atoms with van der Waals surface area (Å²) in [5.41, 5.74) is 1.88. The predicted molar refractivity (Wildman–Crippen MR) is 64.9 cm³/mol. The fraction of sp³-hybridized carbons (Fsp3) is 0.143. The van der Waals surface area contributed by atoms with Crippen molar-refractivity contribution in [1.82, 2.24) is 0 Å². The maximum absolute atomic E-state index is 5.72. The number of hydrogen-bond donors (Lipinski definition) is 0. The molecule has 2 rings (SSSR count). The van der Waals surface area contributed by atoms with E-state index < -0.39 is 0 Å². The first-order valence-electron chi connectivity index (χ1n) is 5.13. The van der Waals surface area contributed by atoms with Crippen molar-refractivity contribution >= 4 is 23.1 Å². The smallest absolute Gasteiger partial charge is 0.135 e. The monoisotopic (exact) mass is 198 g/mol. The molecule has 1 aromatic heterocycles. The van der Waals surface area contributed by atoms with Crippen LogP contribution in [0, 0.1) is 0 Å². The molecule has 0 spiro atoms. The van der Waals surface area contributed by atoms with Crippen molar-refractivity contribution in [3.63, 3.8) is 0 Å². The Morgan fingerprint density at radius 1 is 1.13 bits per heavy atom. The Labute approximate surface area is 89.0 Å². The van der Waals surface area contributed by atoms with Crippen LogP contribution in [-0.4, -0.2) is 0 Å². The van der Waals surface area contributed by atoms with Gasteiger partial charge in [0.05, 0.1) is 0 Å². The fourth-order valence-electron chi connectivity index (χ4n) is 1.66. The molecule has 0 saturated heterocycles. The Morgan fingerprint density at radius 2 is 1.93 bits per heavy atom. The molecule has 1 heteroatoms. The van der Waals surface area contributed by atoms with Crippen LogP contribution < -0.4 is 10.6 Å². The van der Waals surface area contributed by atoms with Crippen LogP contribution in [0.15, 0.2) is 40.8 Å². The predicted octanol–water partition coefficient (Wildman–Crippen LogP) is 2.59. The zero-order valence-electron chi connectivity index (χ0n) is 9.03. The molecule has 0 radical (unpaired) electrons. The van der Waals surface area contributed by atoms with Gasteiger partial charge in [-0.15, -0.1) is 0 Å². The number of para-hydroxylation sites is 1. The molecular weight excluding hydrogens is 184 g/mol. The zero-order valence-corrected chi connectivity index (χ0v) is 9.03. The van der Waals surface area contributed by atoms with Gasteiger partial charge in [0.1, 0.15) is 11.0 Å². The van der Waals surface area contributed by atoms with Gasteiger partial charge in [0, 0.05) is 10.6 Å². The molecule has 1 nitrogen and oxygen atoms in total. The van der Waals surface area contributed by atoms with Crippen molar-refractivity contribution in [3.8, 4) is 0 Å². The highest BCUT2D eigenvalue weighted by atomic mass is 16.3. The van der Waals surface area contributed by atoms with Crippen LogP contribution in [0.5, 0.6) is 0 Å². The molecule has 0 aliphatic rings. The fourth-order valence-corrected chi connectivity index (χ4v) is 1.66. The Kier molecular flexibility index (Phi) is 2.72. The highest BCUT2D eigenvalue weighted by Crippen LogP contribution is 2.06. The van der Waals surface area contributed by atoms with Crippen LogP contribution in [0.4, 0.5) is 0 Å². The molecule has 0 fully saturated rings. The second kappa shape index (κ2) is 4.18. The standard InChI is InChI=1S/C14H14O/c1-3-5-8-11-12-9-6-7-10-14(12)15-13(11)4-2/h3-10H,1-2H3/b5-3-,11-8-,13-4+. The molecule has 0 aliphatic carbocycles. The minimum atomic E-state index is 0.939. The number of fused-ring (bicyclic) bond motifs is 1. The lowest BCUT2D eigenvalue weighted by Crippen LogP contribution is -2.18. The van der Waals surface area contributed by atoms with Crippen LogP contribution in [0.1, 0.15) is 13.8 Å². The Hall–Kier alpha value is -1.76. The van der Waals surface area contributed by atoms with Crippen LogP contribution in [0.25, 0.3) is 23.1 Å². The molecule has 76 valence electrons. The van der Waals surface area contributed by atoms with E-state index in [9.17, 15) is 0 Å². The molecule has 1 aromatic carbocycles. The molecule has 0 atom stereocenters. The lowest BCUT2D eigenvalue weighted by molar-refractivity contribution is 0.575. The number of allylic oxidation sites excluding steroid dienone is 2. The largest absolute Gasteiger partial charge is 0.456 e. The summed E-state index contributed by atoms with van der Waals surface area (Å²) in [6.07, 6.45) is 8.13. The van der Waals surface area contributed by atoms with Gasteiger partial charge in [-0.05, 0) is 26.0 Å².